The summed E-state index contributed by atoms with van der Waals surface area (Å²) in [6.45, 7) is 7.92. The van der Waals surface area contributed by atoms with Crippen molar-refractivity contribution in [1.29, 1.82) is 0 Å². The quantitative estimate of drug-likeness (QED) is 0.866. The Balaban J connectivity index is 2.01. The average molecular weight is 294 g/mol. The summed E-state index contributed by atoms with van der Waals surface area (Å²) in [5.74, 6) is 0.756. The molecule has 0 aromatic carbocycles. The van der Waals surface area contributed by atoms with Crippen LogP contribution in [0.4, 0.5) is 0 Å². The van der Waals surface area contributed by atoms with Crippen molar-refractivity contribution in [2.45, 2.75) is 65.3 Å². The zero-order chi connectivity index (χ0) is 15.4. The molecule has 3 atom stereocenters. The van der Waals surface area contributed by atoms with Gasteiger partial charge in [0.25, 0.3) is 0 Å². The van der Waals surface area contributed by atoms with E-state index in [2.05, 4.69) is 12.2 Å². The number of nitrogens with one attached hydrogen (secondary N) is 1. The lowest BCUT2D eigenvalue weighted by Crippen LogP contribution is -2.46. The van der Waals surface area contributed by atoms with Crippen molar-refractivity contribution in [3.05, 3.63) is 0 Å². The summed E-state index contributed by atoms with van der Waals surface area (Å²) < 4.78 is 0. The van der Waals surface area contributed by atoms with Crippen LogP contribution in [0.15, 0.2) is 0 Å². The lowest BCUT2D eigenvalue weighted by Gasteiger charge is -2.33. The van der Waals surface area contributed by atoms with Gasteiger partial charge >= 0.3 is 0 Å². The van der Waals surface area contributed by atoms with E-state index in [1.54, 1.807) is 0 Å². The molecule has 1 aliphatic heterocycles. The molecule has 0 bridgehead atoms. The number of nitrogens with zero attached hydrogens (tertiary/aromatic N) is 1. The van der Waals surface area contributed by atoms with Crippen LogP contribution in [0.1, 0.15) is 59.3 Å². The van der Waals surface area contributed by atoms with Gasteiger partial charge in [-0.15, -0.1) is 0 Å². The van der Waals surface area contributed by atoms with Crippen LogP contribution < -0.4 is 5.32 Å². The number of amides is 2. The van der Waals surface area contributed by atoms with Crippen LogP contribution in [0.2, 0.25) is 0 Å². The SMILES string of the molecule is CC[C@H]1CCN(C(=O)[C@@H]2CCCC[C@H]2C(=O)NC(C)C)C1. The van der Waals surface area contributed by atoms with Gasteiger partial charge in [-0.05, 0) is 39.0 Å². The summed E-state index contributed by atoms with van der Waals surface area (Å²) >= 11 is 0. The first-order valence-corrected chi connectivity index (χ1v) is 8.62. The van der Waals surface area contributed by atoms with E-state index < -0.39 is 0 Å². The Kier molecular flexibility index (Phi) is 5.65. The summed E-state index contributed by atoms with van der Waals surface area (Å²) in [6, 6.07) is 0.145. The zero-order valence-corrected chi connectivity index (χ0v) is 13.7. The van der Waals surface area contributed by atoms with E-state index in [1.165, 1.54) is 0 Å². The average Bonchev–Trinajstić information content (AvgIpc) is 2.94. The molecule has 1 saturated carbocycles. The first-order valence-electron chi connectivity index (χ1n) is 8.62. The lowest BCUT2D eigenvalue weighted by atomic mass is 9.77. The van der Waals surface area contributed by atoms with Gasteiger partial charge in [0.1, 0.15) is 0 Å². The molecule has 120 valence electrons. The topological polar surface area (TPSA) is 49.4 Å². The number of carbonyl (C=O) groups is 2. The van der Waals surface area contributed by atoms with E-state index >= 15 is 0 Å². The molecule has 4 heteroatoms. The van der Waals surface area contributed by atoms with E-state index in [1.807, 2.05) is 18.7 Å². The van der Waals surface area contributed by atoms with E-state index in [0.717, 1.165) is 51.6 Å². The third-order valence-corrected chi connectivity index (χ3v) is 5.03. The van der Waals surface area contributed by atoms with Gasteiger partial charge in [-0.25, -0.2) is 0 Å². The van der Waals surface area contributed by atoms with Gasteiger partial charge in [0.2, 0.25) is 11.8 Å². The molecule has 1 heterocycles. The van der Waals surface area contributed by atoms with Crippen molar-refractivity contribution in [3.63, 3.8) is 0 Å². The Morgan fingerprint density at radius 1 is 1.14 bits per heavy atom. The second-order valence-corrected chi connectivity index (χ2v) is 7.01. The highest BCUT2D eigenvalue weighted by Gasteiger charge is 2.39. The molecule has 1 saturated heterocycles. The Hall–Kier alpha value is -1.06. The molecular weight excluding hydrogens is 264 g/mol. The molecule has 1 aliphatic carbocycles. The van der Waals surface area contributed by atoms with Crippen molar-refractivity contribution in [1.82, 2.24) is 10.2 Å². The van der Waals surface area contributed by atoms with E-state index in [4.69, 9.17) is 0 Å². The zero-order valence-electron chi connectivity index (χ0n) is 13.7. The largest absolute Gasteiger partial charge is 0.354 e. The summed E-state index contributed by atoms with van der Waals surface area (Å²) in [5.41, 5.74) is 0. The molecule has 2 rings (SSSR count). The minimum Gasteiger partial charge on any atom is -0.354 e. The molecule has 4 nitrogen and oxygen atoms in total. The molecule has 0 spiro atoms. The molecule has 2 fully saturated rings. The number of hydrogen-bond donors (Lipinski definition) is 1. The summed E-state index contributed by atoms with van der Waals surface area (Å²) in [4.78, 5) is 27.2. The lowest BCUT2D eigenvalue weighted by molar-refractivity contribution is -0.143. The first-order chi connectivity index (χ1) is 10.0. The molecule has 0 aromatic heterocycles. The fourth-order valence-electron chi connectivity index (χ4n) is 3.73. The van der Waals surface area contributed by atoms with Gasteiger partial charge in [-0.3, -0.25) is 9.59 Å². The summed E-state index contributed by atoms with van der Waals surface area (Å²) in [6.07, 6.45) is 6.15. The van der Waals surface area contributed by atoms with Crippen LogP contribution in [0.25, 0.3) is 0 Å². The summed E-state index contributed by atoms with van der Waals surface area (Å²) in [5, 5.41) is 3.00. The summed E-state index contributed by atoms with van der Waals surface area (Å²) in [7, 11) is 0. The predicted molar refractivity (Wildman–Crippen MR) is 83.7 cm³/mol. The minimum atomic E-state index is -0.116. The number of likely N-dealkylation sites (tertiary alicyclic amines) is 1. The van der Waals surface area contributed by atoms with Crippen molar-refractivity contribution >= 4 is 11.8 Å². The van der Waals surface area contributed by atoms with E-state index in [0.29, 0.717) is 5.92 Å². The van der Waals surface area contributed by atoms with Gasteiger partial charge in [0.15, 0.2) is 0 Å². The monoisotopic (exact) mass is 294 g/mol. The Morgan fingerprint density at radius 2 is 1.81 bits per heavy atom. The van der Waals surface area contributed by atoms with Crippen molar-refractivity contribution in [3.8, 4) is 0 Å². The van der Waals surface area contributed by atoms with Gasteiger partial charge in [-0.1, -0.05) is 26.2 Å². The second-order valence-electron chi connectivity index (χ2n) is 7.01. The van der Waals surface area contributed by atoms with Crippen LogP contribution in [-0.2, 0) is 9.59 Å². The predicted octanol–water partition coefficient (Wildman–Crippen LogP) is 2.58. The van der Waals surface area contributed by atoms with Crippen molar-refractivity contribution in [2.24, 2.45) is 17.8 Å². The maximum Gasteiger partial charge on any atom is 0.226 e. The van der Waals surface area contributed by atoms with Crippen LogP contribution in [0.5, 0.6) is 0 Å². The van der Waals surface area contributed by atoms with Gasteiger partial charge in [-0.2, -0.15) is 0 Å². The highest BCUT2D eigenvalue weighted by molar-refractivity contribution is 5.88. The molecule has 2 aliphatic rings. The van der Waals surface area contributed by atoms with E-state index in [-0.39, 0.29) is 29.7 Å². The highest BCUT2D eigenvalue weighted by Crippen LogP contribution is 2.33. The van der Waals surface area contributed by atoms with Crippen molar-refractivity contribution in [2.75, 3.05) is 13.1 Å². The second kappa shape index (κ2) is 7.28. The van der Waals surface area contributed by atoms with Gasteiger partial charge in [0, 0.05) is 31.0 Å². The van der Waals surface area contributed by atoms with Crippen LogP contribution >= 0.6 is 0 Å². The van der Waals surface area contributed by atoms with Gasteiger partial charge in [0.05, 0.1) is 0 Å². The van der Waals surface area contributed by atoms with E-state index in [9.17, 15) is 9.59 Å². The normalized spacial score (nSPS) is 29.7. The Morgan fingerprint density at radius 3 is 2.38 bits per heavy atom. The fraction of sp³-hybridized carbons (Fsp3) is 0.882. The Bertz CT molecular complexity index is 381. The highest BCUT2D eigenvalue weighted by atomic mass is 16.2. The third-order valence-electron chi connectivity index (χ3n) is 5.03. The fourth-order valence-corrected chi connectivity index (χ4v) is 3.73. The molecule has 21 heavy (non-hydrogen) atoms. The number of rotatable bonds is 4. The van der Waals surface area contributed by atoms with Crippen molar-refractivity contribution < 1.29 is 9.59 Å². The molecule has 0 aromatic rings. The van der Waals surface area contributed by atoms with Gasteiger partial charge < -0.3 is 10.2 Å². The molecular formula is C17H30N2O2. The van der Waals surface area contributed by atoms with Crippen LogP contribution in [0, 0.1) is 17.8 Å². The maximum atomic E-state index is 12.8. The number of hydrogen-bond acceptors (Lipinski definition) is 2. The molecule has 0 radical (unpaired) electrons. The molecule has 2 amide bonds. The van der Waals surface area contributed by atoms with Crippen LogP contribution in [0.3, 0.4) is 0 Å². The molecule has 0 unspecified atom stereocenters. The standard InChI is InChI=1S/C17H30N2O2/c1-4-13-9-10-19(11-13)17(21)15-8-6-5-7-14(15)16(20)18-12(2)3/h12-15H,4-11H2,1-3H3,(H,18,20)/t13-,14+,15+/m0/s1. The minimum absolute atomic E-state index is 0.0780. The maximum absolute atomic E-state index is 12.8. The first kappa shape index (κ1) is 16.3. The smallest absolute Gasteiger partial charge is 0.226 e. The number of carbonyl (C=O) groups excluding carboxylic acids is 2. The van der Waals surface area contributed by atoms with Crippen LogP contribution in [-0.4, -0.2) is 35.8 Å². The Labute approximate surface area is 128 Å². The molecule has 1 N–H and O–H groups in total. The third kappa shape index (κ3) is 3.98.